The zero-order valence-electron chi connectivity index (χ0n) is 21.2. The zero-order valence-corrected chi connectivity index (χ0v) is 21.2. The van der Waals surface area contributed by atoms with Gasteiger partial charge in [0.25, 0.3) is 0 Å². The van der Waals surface area contributed by atoms with E-state index < -0.39 is 0 Å². The van der Waals surface area contributed by atoms with Crippen LogP contribution in [0.2, 0.25) is 0 Å². The molecule has 0 bridgehead atoms. The Morgan fingerprint density at radius 2 is 1.86 bits per heavy atom. The van der Waals surface area contributed by atoms with Crippen molar-refractivity contribution in [2.75, 3.05) is 40.4 Å². The van der Waals surface area contributed by atoms with Gasteiger partial charge in [0.1, 0.15) is 5.75 Å². The van der Waals surface area contributed by atoms with E-state index in [1.807, 2.05) is 18.3 Å². The Bertz CT molecular complexity index is 1160. The van der Waals surface area contributed by atoms with E-state index in [-0.39, 0.29) is 12.0 Å². The van der Waals surface area contributed by atoms with Crippen molar-refractivity contribution in [1.29, 1.82) is 0 Å². The number of aryl methyl sites for hydroxylation is 1. The molecule has 1 saturated carbocycles. The first-order chi connectivity index (χ1) is 17.1. The Hall–Kier alpha value is -2.83. The Morgan fingerprint density at radius 3 is 2.57 bits per heavy atom. The molecule has 1 N–H and O–H groups in total. The van der Waals surface area contributed by atoms with Gasteiger partial charge in [0.2, 0.25) is 0 Å². The second kappa shape index (κ2) is 10.4. The second-order valence-corrected chi connectivity index (χ2v) is 10.2. The van der Waals surface area contributed by atoms with Gasteiger partial charge in [-0.3, -0.25) is 9.80 Å². The molecule has 0 radical (unpaired) electrons. The van der Waals surface area contributed by atoms with Crippen molar-refractivity contribution in [2.24, 2.45) is 5.92 Å². The summed E-state index contributed by atoms with van der Waals surface area (Å²) in [5, 5.41) is 1.23. The molecule has 6 nitrogen and oxygen atoms in total. The predicted molar refractivity (Wildman–Crippen MR) is 139 cm³/mol. The van der Waals surface area contributed by atoms with E-state index in [0.29, 0.717) is 5.56 Å². The van der Waals surface area contributed by atoms with Gasteiger partial charge in [-0.25, -0.2) is 4.79 Å². The van der Waals surface area contributed by atoms with E-state index in [1.54, 1.807) is 7.11 Å². The molecule has 2 fully saturated rings. The largest absolute Gasteiger partial charge is 0.496 e. The Morgan fingerprint density at radius 1 is 1.09 bits per heavy atom. The maximum atomic E-state index is 12.0. The fraction of sp³-hybridized carbons (Fsp3) is 0.483. The van der Waals surface area contributed by atoms with Crippen LogP contribution in [0, 0.1) is 12.8 Å². The average Bonchev–Trinajstić information content (AvgIpc) is 3.59. The van der Waals surface area contributed by atoms with Crippen LogP contribution in [-0.2, 0) is 11.3 Å². The Balaban J connectivity index is 1.44. The highest BCUT2D eigenvalue weighted by molar-refractivity contribution is 5.89. The smallest absolute Gasteiger partial charge is 0.337 e. The first-order valence-corrected chi connectivity index (χ1v) is 12.9. The van der Waals surface area contributed by atoms with Crippen LogP contribution >= 0.6 is 0 Å². The maximum Gasteiger partial charge on any atom is 0.337 e. The molecule has 1 aromatic heterocycles. The van der Waals surface area contributed by atoms with Crippen LogP contribution in [0.1, 0.15) is 58.8 Å². The summed E-state index contributed by atoms with van der Waals surface area (Å²) < 4.78 is 10.8. The van der Waals surface area contributed by atoms with Crippen LogP contribution in [0.4, 0.5) is 0 Å². The molecule has 5 rings (SSSR count). The SMILES string of the molecule is COC(=O)c1ccc(C2CN(CC3CCCC3)CCN2Cc2c(OC)cc(C)c3[nH]ccc23)cc1. The summed E-state index contributed by atoms with van der Waals surface area (Å²) in [6, 6.07) is 12.5. The van der Waals surface area contributed by atoms with Gasteiger partial charge >= 0.3 is 5.97 Å². The molecule has 2 heterocycles. The summed E-state index contributed by atoms with van der Waals surface area (Å²) in [6.07, 6.45) is 7.50. The lowest BCUT2D eigenvalue weighted by Gasteiger charge is -2.43. The number of aromatic amines is 1. The van der Waals surface area contributed by atoms with Crippen LogP contribution in [0.3, 0.4) is 0 Å². The summed E-state index contributed by atoms with van der Waals surface area (Å²) in [5.41, 5.74) is 5.44. The van der Waals surface area contributed by atoms with Crippen molar-refractivity contribution in [3.8, 4) is 5.75 Å². The third-order valence-electron chi connectivity index (χ3n) is 7.98. The van der Waals surface area contributed by atoms with Crippen LogP contribution in [0.25, 0.3) is 10.9 Å². The molecule has 35 heavy (non-hydrogen) atoms. The molecule has 3 aromatic rings. The van der Waals surface area contributed by atoms with Gasteiger partial charge in [-0.05, 0) is 61.1 Å². The monoisotopic (exact) mass is 475 g/mol. The molecule has 1 aliphatic carbocycles. The van der Waals surface area contributed by atoms with Crippen molar-refractivity contribution < 1.29 is 14.3 Å². The molecule has 2 aromatic carbocycles. The normalized spacial score (nSPS) is 19.9. The summed E-state index contributed by atoms with van der Waals surface area (Å²) in [5.74, 6) is 1.49. The number of nitrogens with one attached hydrogen (secondary N) is 1. The highest BCUT2D eigenvalue weighted by Crippen LogP contribution is 2.36. The minimum absolute atomic E-state index is 0.247. The zero-order chi connectivity index (χ0) is 24.4. The number of aromatic nitrogens is 1. The van der Waals surface area contributed by atoms with Gasteiger partial charge < -0.3 is 14.5 Å². The lowest BCUT2D eigenvalue weighted by molar-refractivity contribution is 0.0583. The molecule has 1 saturated heterocycles. The van der Waals surface area contributed by atoms with Gasteiger partial charge in [0, 0.05) is 61.4 Å². The number of hydrogen-bond donors (Lipinski definition) is 1. The van der Waals surface area contributed by atoms with Gasteiger partial charge in [-0.1, -0.05) is 25.0 Å². The van der Waals surface area contributed by atoms with Crippen LogP contribution < -0.4 is 4.74 Å². The van der Waals surface area contributed by atoms with Gasteiger partial charge in [0.15, 0.2) is 0 Å². The molecular formula is C29H37N3O3. The van der Waals surface area contributed by atoms with E-state index in [4.69, 9.17) is 9.47 Å². The number of methoxy groups -OCH3 is 2. The van der Waals surface area contributed by atoms with E-state index in [1.165, 1.54) is 66.9 Å². The standard InChI is InChI=1S/C29H37N3O3/c1-20-16-27(34-2)25(24-12-13-30-28(20)24)18-32-15-14-31(17-21-6-4-5-7-21)19-26(32)22-8-10-23(11-9-22)29(33)35-3/h8-13,16,21,26,30H,4-7,14-15,17-19H2,1-3H3. The summed E-state index contributed by atoms with van der Waals surface area (Å²) in [6.45, 7) is 7.22. The van der Waals surface area contributed by atoms with Gasteiger partial charge in [-0.15, -0.1) is 0 Å². The minimum atomic E-state index is -0.292. The van der Waals surface area contributed by atoms with Crippen molar-refractivity contribution in [3.63, 3.8) is 0 Å². The molecule has 0 spiro atoms. The Labute approximate surface area is 208 Å². The molecule has 1 atom stereocenters. The first-order valence-electron chi connectivity index (χ1n) is 12.9. The number of nitrogens with zero attached hydrogens (tertiary/aromatic N) is 2. The summed E-state index contributed by atoms with van der Waals surface area (Å²) in [7, 11) is 3.19. The molecule has 1 unspecified atom stereocenters. The fourth-order valence-electron chi connectivity index (χ4n) is 6.05. The number of H-pyrrole nitrogens is 1. The Kier molecular flexibility index (Phi) is 7.12. The van der Waals surface area contributed by atoms with Gasteiger partial charge in [-0.2, -0.15) is 0 Å². The number of hydrogen-bond acceptors (Lipinski definition) is 5. The van der Waals surface area contributed by atoms with Crippen molar-refractivity contribution >= 4 is 16.9 Å². The predicted octanol–water partition coefficient (Wildman–Crippen LogP) is 5.32. The number of esters is 1. The summed E-state index contributed by atoms with van der Waals surface area (Å²) in [4.78, 5) is 20.6. The quantitative estimate of drug-likeness (QED) is 0.469. The molecule has 186 valence electrons. The first kappa shape index (κ1) is 23.9. The number of piperazine rings is 1. The fourth-order valence-corrected chi connectivity index (χ4v) is 6.05. The number of carbonyl (C=O) groups excluding carboxylic acids is 1. The van der Waals surface area contributed by atoms with Crippen LogP contribution in [0.15, 0.2) is 42.6 Å². The lowest BCUT2D eigenvalue weighted by atomic mass is 9.97. The minimum Gasteiger partial charge on any atom is -0.496 e. The topological polar surface area (TPSA) is 57.8 Å². The molecule has 1 aliphatic heterocycles. The van der Waals surface area contributed by atoms with E-state index in [0.717, 1.165) is 37.8 Å². The number of carbonyl (C=O) groups is 1. The number of fused-ring (bicyclic) bond motifs is 1. The second-order valence-electron chi connectivity index (χ2n) is 10.2. The molecule has 6 heteroatoms. The van der Waals surface area contributed by atoms with Gasteiger partial charge in [0.05, 0.1) is 19.8 Å². The van der Waals surface area contributed by atoms with E-state index in [2.05, 4.69) is 46.0 Å². The molecule has 2 aliphatic rings. The lowest BCUT2D eigenvalue weighted by Crippen LogP contribution is -2.49. The third-order valence-corrected chi connectivity index (χ3v) is 7.98. The number of ether oxygens (including phenoxy) is 2. The van der Waals surface area contributed by atoms with Crippen molar-refractivity contribution in [1.82, 2.24) is 14.8 Å². The number of rotatable bonds is 7. The number of benzene rings is 2. The van der Waals surface area contributed by atoms with E-state index >= 15 is 0 Å². The van der Waals surface area contributed by atoms with E-state index in [9.17, 15) is 4.79 Å². The van der Waals surface area contributed by atoms with Crippen molar-refractivity contribution in [2.45, 2.75) is 45.2 Å². The molecule has 0 amide bonds. The van der Waals surface area contributed by atoms with Crippen molar-refractivity contribution in [3.05, 3.63) is 64.8 Å². The van der Waals surface area contributed by atoms with Crippen LogP contribution in [-0.4, -0.2) is 61.2 Å². The van der Waals surface area contributed by atoms with Crippen LogP contribution in [0.5, 0.6) is 5.75 Å². The highest BCUT2D eigenvalue weighted by Gasteiger charge is 2.31. The third kappa shape index (κ3) is 4.95. The highest BCUT2D eigenvalue weighted by atomic mass is 16.5. The average molecular weight is 476 g/mol. The maximum absolute atomic E-state index is 12.0. The molecular weight excluding hydrogens is 438 g/mol. The summed E-state index contributed by atoms with van der Waals surface area (Å²) >= 11 is 0.